The van der Waals surface area contributed by atoms with Gasteiger partial charge >= 0.3 is 0 Å². The van der Waals surface area contributed by atoms with Crippen molar-refractivity contribution in [2.24, 2.45) is 28.6 Å². The van der Waals surface area contributed by atoms with Crippen LogP contribution in [-0.2, 0) is 4.74 Å². The SMILES string of the molecule is COC1CCC(O)C([C@H]2C[C@@H]3CC[C@@]2(C)C3(C)C)C1. The molecule has 0 aliphatic heterocycles. The summed E-state index contributed by atoms with van der Waals surface area (Å²) < 4.78 is 5.58. The van der Waals surface area contributed by atoms with Gasteiger partial charge in [-0.1, -0.05) is 20.8 Å². The second-order valence-electron chi connectivity index (χ2n) is 8.12. The van der Waals surface area contributed by atoms with Crippen molar-refractivity contribution >= 4 is 0 Å². The third-order valence-corrected chi connectivity index (χ3v) is 7.53. The molecule has 3 rings (SSSR count). The Hall–Kier alpha value is -0.0800. The highest BCUT2D eigenvalue weighted by Gasteiger charge is 2.63. The Morgan fingerprint density at radius 3 is 2.32 bits per heavy atom. The number of ether oxygens (including phenoxy) is 1. The standard InChI is InChI=1S/C17H30O2/c1-16(2)11-7-8-17(16,3)14(9-11)13-10-12(19-4)5-6-15(13)18/h11-15,18H,5-10H2,1-4H3/t11-,12?,13?,14+,15?,17+/m0/s1. The molecule has 0 saturated heterocycles. The third kappa shape index (κ3) is 1.82. The molecule has 6 atom stereocenters. The summed E-state index contributed by atoms with van der Waals surface area (Å²) in [6.07, 6.45) is 7.41. The first-order valence-electron chi connectivity index (χ1n) is 8.11. The summed E-state index contributed by atoms with van der Waals surface area (Å²) >= 11 is 0. The molecular formula is C17H30O2. The van der Waals surface area contributed by atoms with Crippen molar-refractivity contribution in [3.63, 3.8) is 0 Å². The van der Waals surface area contributed by atoms with Gasteiger partial charge in [0.25, 0.3) is 0 Å². The molecule has 2 bridgehead atoms. The highest BCUT2D eigenvalue weighted by Crippen LogP contribution is 2.70. The van der Waals surface area contributed by atoms with E-state index in [9.17, 15) is 5.11 Å². The van der Waals surface area contributed by atoms with Crippen LogP contribution in [0.25, 0.3) is 0 Å². The summed E-state index contributed by atoms with van der Waals surface area (Å²) in [5.41, 5.74) is 0.885. The Balaban J connectivity index is 1.83. The largest absolute Gasteiger partial charge is 0.393 e. The van der Waals surface area contributed by atoms with Crippen molar-refractivity contribution in [1.82, 2.24) is 0 Å². The zero-order valence-corrected chi connectivity index (χ0v) is 13.0. The summed E-state index contributed by atoms with van der Waals surface area (Å²) in [4.78, 5) is 0. The van der Waals surface area contributed by atoms with Gasteiger partial charge in [-0.15, -0.1) is 0 Å². The molecule has 0 spiro atoms. The van der Waals surface area contributed by atoms with Crippen LogP contribution in [0.2, 0.25) is 0 Å². The van der Waals surface area contributed by atoms with E-state index < -0.39 is 0 Å². The van der Waals surface area contributed by atoms with Gasteiger partial charge in [0.05, 0.1) is 12.2 Å². The maximum atomic E-state index is 10.5. The minimum Gasteiger partial charge on any atom is -0.393 e. The zero-order valence-electron chi connectivity index (χ0n) is 13.0. The Morgan fingerprint density at radius 2 is 1.79 bits per heavy atom. The van der Waals surface area contributed by atoms with E-state index in [0.29, 0.717) is 28.8 Å². The number of hydrogen-bond donors (Lipinski definition) is 1. The summed E-state index contributed by atoms with van der Waals surface area (Å²) in [5.74, 6) is 2.04. The second-order valence-corrected chi connectivity index (χ2v) is 8.12. The first kappa shape index (κ1) is 13.9. The molecule has 2 nitrogen and oxygen atoms in total. The van der Waals surface area contributed by atoms with E-state index in [0.717, 1.165) is 25.2 Å². The van der Waals surface area contributed by atoms with Gasteiger partial charge < -0.3 is 9.84 Å². The van der Waals surface area contributed by atoms with Crippen LogP contribution in [0.4, 0.5) is 0 Å². The fraction of sp³-hybridized carbons (Fsp3) is 1.00. The van der Waals surface area contributed by atoms with Crippen LogP contribution < -0.4 is 0 Å². The summed E-state index contributed by atoms with van der Waals surface area (Å²) in [6.45, 7) is 7.43. The molecule has 0 heterocycles. The predicted octanol–water partition coefficient (Wildman–Crippen LogP) is 3.62. The molecule has 0 amide bonds. The van der Waals surface area contributed by atoms with Crippen LogP contribution in [-0.4, -0.2) is 24.4 Å². The van der Waals surface area contributed by atoms with Gasteiger partial charge in [0, 0.05) is 7.11 Å². The van der Waals surface area contributed by atoms with Gasteiger partial charge in [-0.25, -0.2) is 0 Å². The zero-order chi connectivity index (χ0) is 13.8. The van der Waals surface area contributed by atoms with Crippen molar-refractivity contribution < 1.29 is 9.84 Å². The minimum absolute atomic E-state index is 0.0941. The Kier molecular flexibility index (Phi) is 3.26. The number of methoxy groups -OCH3 is 1. The normalized spacial score (nSPS) is 52.6. The number of aliphatic hydroxyl groups excluding tert-OH is 1. The van der Waals surface area contributed by atoms with Gasteiger partial charge in [0.2, 0.25) is 0 Å². The van der Waals surface area contributed by atoms with E-state index in [2.05, 4.69) is 20.8 Å². The van der Waals surface area contributed by atoms with Crippen molar-refractivity contribution in [1.29, 1.82) is 0 Å². The first-order chi connectivity index (χ1) is 8.90. The highest BCUT2D eigenvalue weighted by molar-refractivity contribution is 5.12. The van der Waals surface area contributed by atoms with Crippen LogP contribution in [0.3, 0.4) is 0 Å². The molecule has 0 aromatic carbocycles. The molecule has 1 N–H and O–H groups in total. The van der Waals surface area contributed by atoms with Gasteiger partial charge in [0.15, 0.2) is 0 Å². The first-order valence-corrected chi connectivity index (χ1v) is 8.11. The number of hydrogen-bond acceptors (Lipinski definition) is 2. The molecule has 3 aliphatic carbocycles. The van der Waals surface area contributed by atoms with Crippen molar-refractivity contribution in [2.45, 2.75) is 71.5 Å². The van der Waals surface area contributed by atoms with E-state index >= 15 is 0 Å². The summed E-state index contributed by atoms with van der Waals surface area (Å²) in [5, 5.41) is 10.5. The lowest BCUT2D eigenvalue weighted by atomic mass is 9.60. The van der Waals surface area contributed by atoms with Crippen LogP contribution in [0, 0.1) is 28.6 Å². The maximum Gasteiger partial charge on any atom is 0.0576 e. The van der Waals surface area contributed by atoms with Crippen LogP contribution in [0.5, 0.6) is 0 Å². The number of fused-ring (bicyclic) bond motifs is 2. The molecule has 3 saturated carbocycles. The molecule has 0 radical (unpaired) electrons. The highest BCUT2D eigenvalue weighted by atomic mass is 16.5. The lowest BCUT2D eigenvalue weighted by Crippen LogP contribution is -2.44. The Bertz CT molecular complexity index is 351. The number of rotatable bonds is 2. The monoisotopic (exact) mass is 266 g/mol. The summed E-state index contributed by atoms with van der Waals surface area (Å²) in [6, 6.07) is 0. The van der Waals surface area contributed by atoms with Gasteiger partial charge in [-0.05, 0) is 67.1 Å². The van der Waals surface area contributed by atoms with Gasteiger partial charge in [-0.2, -0.15) is 0 Å². The van der Waals surface area contributed by atoms with Crippen molar-refractivity contribution in [2.75, 3.05) is 7.11 Å². The van der Waals surface area contributed by atoms with Crippen molar-refractivity contribution in [3.05, 3.63) is 0 Å². The lowest BCUT2D eigenvalue weighted by molar-refractivity contribution is -0.0644. The number of aliphatic hydroxyl groups is 1. The van der Waals surface area contributed by atoms with Crippen LogP contribution >= 0.6 is 0 Å². The van der Waals surface area contributed by atoms with Gasteiger partial charge in [-0.3, -0.25) is 0 Å². The van der Waals surface area contributed by atoms with Crippen molar-refractivity contribution in [3.8, 4) is 0 Å². The quantitative estimate of drug-likeness (QED) is 0.827. The Morgan fingerprint density at radius 1 is 1.05 bits per heavy atom. The molecule has 110 valence electrons. The van der Waals surface area contributed by atoms with Crippen LogP contribution in [0.1, 0.15) is 59.3 Å². The second kappa shape index (κ2) is 4.46. The molecule has 2 heteroatoms. The molecule has 3 fully saturated rings. The van der Waals surface area contributed by atoms with E-state index in [1.165, 1.54) is 19.3 Å². The van der Waals surface area contributed by atoms with Gasteiger partial charge in [0.1, 0.15) is 0 Å². The molecule has 3 aliphatic rings. The lowest BCUT2D eigenvalue weighted by Gasteiger charge is -2.46. The summed E-state index contributed by atoms with van der Waals surface area (Å²) in [7, 11) is 1.83. The molecule has 19 heavy (non-hydrogen) atoms. The van der Waals surface area contributed by atoms with E-state index in [4.69, 9.17) is 4.74 Å². The molecule has 0 aromatic heterocycles. The smallest absolute Gasteiger partial charge is 0.0576 e. The average molecular weight is 266 g/mol. The molecule has 3 unspecified atom stereocenters. The fourth-order valence-electron chi connectivity index (χ4n) is 5.71. The minimum atomic E-state index is -0.0941. The average Bonchev–Trinajstić information content (AvgIpc) is 2.72. The molecular weight excluding hydrogens is 236 g/mol. The predicted molar refractivity (Wildman–Crippen MR) is 76.9 cm³/mol. The maximum absolute atomic E-state index is 10.5. The van der Waals surface area contributed by atoms with E-state index in [-0.39, 0.29) is 6.10 Å². The Labute approximate surface area is 117 Å². The fourth-order valence-corrected chi connectivity index (χ4v) is 5.71. The van der Waals surface area contributed by atoms with E-state index in [1.807, 2.05) is 7.11 Å². The van der Waals surface area contributed by atoms with E-state index in [1.54, 1.807) is 0 Å². The third-order valence-electron chi connectivity index (χ3n) is 7.53. The topological polar surface area (TPSA) is 29.5 Å². The molecule has 0 aromatic rings. The van der Waals surface area contributed by atoms with Crippen LogP contribution in [0.15, 0.2) is 0 Å².